The van der Waals surface area contributed by atoms with Crippen molar-refractivity contribution in [2.75, 3.05) is 12.9 Å². The SMILES string of the molecule is COc1cc(C#CCCSC(C)=O)ccc1C=O. The van der Waals surface area contributed by atoms with E-state index >= 15 is 0 Å². The van der Waals surface area contributed by atoms with Crippen molar-refractivity contribution in [2.45, 2.75) is 13.3 Å². The molecule has 0 unspecified atom stereocenters. The van der Waals surface area contributed by atoms with Crippen molar-refractivity contribution < 1.29 is 14.3 Å². The van der Waals surface area contributed by atoms with E-state index in [1.54, 1.807) is 25.1 Å². The van der Waals surface area contributed by atoms with Gasteiger partial charge in [-0.25, -0.2) is 0 Å². The fourth-order valence-corrected chi connectivity index (χ4v) is 1.79. The van der Waals surface area contributed by atoms with Crippen LogP contribution in [0.25, 0.3) is 0 Å². The Bertz CT molecular complexity index is 497. The van der Waals surface area contributed by atoms with Crippen LogP contribution in [0.5, 0.6) is 5.75 Å². The molecule has 94 valence electrons. The van der Waals surface area contributed by atoms with Crippen LogP contribution < -0.4 is 4.74 Å². The minimum atomic E-state index is 0.105. The van der Waals surface area contributed by atoms with Gasteiger partial charge in [-0.2, -0.15) is 0 Å². The van der Waals surface area contributed by atoms with Gasteiger partial charge >= 0.3 is 0 Å². The summed E-state index contributed by atoms with van der Waals surface area (Å²) < 4.78 is 5.09. The number of aldehydes is 1. The van der Waals surface area contributed by atoms with Gasteiger partial charge in [0.25, 0.3) is 0 Å². The van der Waals surface area contributed by atoms with Gasteiger partial charge < -0.3 is 4.74 Å². The zero-order valence-corrected chi connectivity index (χ0v) is 11.2. The van der Waals surface area contributed by atoms with Gasteiger partial charge in [0.05, 0.1) is 12.7 Å². The third kappa shape index (κ3) is 4.64. The van der Waals surface area contributed by atoms with Crippen LogP contribution in [0.1, 0.15) is 29.3 Å². The summed E-state index contributed by atoms with van der Waals surface area (Å²) in [7, 11) is 1.52. The van der Waals surface area contributed by atoms with E-state index in [1.165, 1.54) is 18.9 Å². The van der Waals surface area contributed by atoms with Crippen LogP contribution in [0, 0.1) is 11.8 Å². The number of ether oxygens (including phenoxy) is 1. The first kappa shape index (κ1) is 14.3. The molecule has 0 bridgehead atoms. The Hall–Kier alpha value is -1.73. The van der Waals surface area contributed by atoms with Gasteiger partial charge in [-0.1, -0.05) is 23.6 Å². The van der Waals surface area contributed by atoms with Crippen LogP contribution in [-0.4, -0.2) is 24.3 Å². The van der Waals surface area contributed by atoms with Gasteiger partial charge in [0.1, 0.15) is 5.75 Å². The van der Waals surface area contributed by atoms with Crippen molar-refractivity contribution in [1.29, 1.82) is 0 Å². The number of rotatable bonds is 4. The van der Waals surface area contributed by atoms with E-state index in [4.69, 9.17) is 4.74 Å². The number of carbonyl (C=O) groups excluding carboxylic acids is 2. The lowest BCUT2D eigenvalue weighted by molar-refractivity contribution is -0.109. The Kier molecular flexibility index (Phi) is 6.03. The Morgan fingerprint density at radius 1 is 1.50 bits per heavy atom. The minimum Gasteiger partial charge on any atom is -0.496 e. The van der Waals surface area contributed by atoms with Crippen molar-refractivity contribution >= 4 is 23.2 Å². The van der Waals surface area contributed by atoms with E-state index in [2.05, 4.69) is 11.8 Å². The smallest absolute Gasteiger partial charge is 0.185 e. The van der Waals surface area contributed by atoms with Crippen molar-refractivity contribution in [2.24, 2.45) is 0 Å². The molecule has 0 N–H and O–H groups in total. The summed E-state index contributed by atoms with van der Waals surface area (Å²) in [6.07, 6.45) is 1.40. The summed E-state index contributed by atoms with van der Waals surface area (Å²) >= 11 is 1.27. The van der Waals surface area contributed by atoms with Crippen molar-refractivity contribution in [3.63, 3.8) is 0 Å². The number of methoxy groups -OCH3 is 1. The third-order valence-electron chi connectivity index (χ3n) is 2.13. The summed E-state index contributed by atoms with van der Waals surface area (Å²) in [5.41, 5.74) is 1.31. The molecular formula is C14H14O3S. The summed E-state index contributed by atoms with van der Waals surface area (Å²) in [6, 6.07) is 5.19. The molecule has 3 nitrogen and oxygen atoms in total. The molecule has 0 saturated carbocycles. The molecular weight excluding hydrogens is 248 g/mol. The van der Waals surface area contributed by atoms with E-state index in [0.29, 0.717) is 23.5 Å². The predicted octanol–water partition coefficient (Wildman–Crippen LogP) is 2.53. The molecule has 18 heavy (non-hydrogen) atoms. The second-order valence-corrected chi connectivity index (χ2v) is 4.74. The molecule has 1 aromatic carbocycles. The largest absolute Gasteiger partial charge is 0.496 e. The fraction of sp³-hybridized carbons (Fsp3) is 0.286. The van der Waals surface area contributed by atoms with E-state index in [0.717, 1.165) is 11.8 Å². The molecule has 0 radical (unpaired) electrons. The first-order chi connectivity index (χ1) is 8.67. The van der Waals surface area contributed by atoms with Gasteiger partial charge in [0.15, 0.2) is 11.4 Å². The number of thioether (sulfide) groups is 1. The quantitative estimate of drug-likeness (QED) is 0.475. The van der Waals surface area contributed by atoms with Gasteiger partial charge in [0.2, 0.25) is 0 Å². The summed E-state index contributed by atoms with van der Waals surface area (Å²) in [6.45, 7) is 1.54. The number of benzene rings is 1. The number of hydrogen-bond acceptors (Lipinski definition) is 4. The van der Waals surface area contributed by atoms with Crippen LogP contribution in [0.4, 0.5) is 0 Å². The first-order valence-electron chi connectivity index (χ1n) is 5.43. The molecule has 0 aliphatic rings. The zero-order valence-electron chi connectivity index (χ0n) is 10.4. The van der Waals surface area contributed by atoms with Crippen molar-refractivity contribution in [3.8, 4) is 17.6 Å². The van der Waals surface area contributed by atoms with Gasteiger partial charge in [-0.05, 0) is 18.2 Å². The maximum absolute atomic E-state index is 10.7. The van der Waals surface area contributed by atoms with Crippen molar-refractivity contribution in [1.82, 2.24) is 0 Å². The highest BCUT2D eigenvalue weighted by Gasteiger charge is 2.01. The molecule has 0 heterocycles. The highest BCUT2D eigenvalue weighted by atomic mass is 32.2. The summed E-state index contributed by atoms with van der Waals surface area (Å²) in [5.74, 6) is 7.18. The Labute approximate surface area is 111 Å². The van der Waals surface area contributed by atoms with Crippen LogP contribution >= 0.6 is 11.8 Å². The molecule has 0 aliphatic carbocycles. The van der Waals surface area contributed by atoms with Gasteiger partial charge in [0, 0.05) is 24.7 Å². The van der Waals surface area contributed by atoms with Crippen LogP contribution in [0.15, 0.2) is 18.2 Å². The van der Waals surface area contributed by atoms with E-state index in [-0.39, 0.29) is 5.12 Å². The molecule has 0 atom stereocenters. The maximum Gasteiger partial charge on any atom is 0.185 e. The molecule has 1 rings (SSSR count). The maximum atomic E-state index is 10.7. The molecule has 0 amide bonds. The lowest BCUT2D eigenvalue weighted by Gasteiger charge is -2.02. The van der Waals surface area contributed by atoms with Gasteiger partial charge in [-0.3, -0.25) is 9.59 Å². The number of hydrogen-bond donors (Lipinski definition) is 0. The molecule has 4 heteroatoms. The average Bonchev–Trinajstić information content (AvgIpc) is 2.37. The van der Waals surface area contributed by atoms with Gasteiger partial charge in [-0.15, -0.1) is 0 Å². The number of carbonyl (C=O) groups is 2. The molecule has 0 aliphatic heterocycles. The second-order valence-electron chi connectivity index (χ2n) is 3.47. The Balaban J connectivity index is 2.65. The molecule has 0 saturated heterocycles. The van der Waals surface area contributed by atoms with E-state index in [1.807, 2.05) is 0 Å². The van der Waals surface area contributed by atoms with E-state index in [9.17, 15) is 9.59 Å². The highest BCUT2D eigenvalue weighted by molar-refractivity contribution is 8.13. The fourth-order valence-electron chi connectivity index (χ4n) is 1.30. The third-order valence-corrected chi connectivity index (χ3v) is 2.94. The molecule has 0 fully saturated rings. The molecule has 1 aromatic rings. The highest BCUT2D eigenvalue weighted by Crippen LogP contribution is 2.17. The zero-order chi connectivity index (χ0) is 13.4. The average molecular weight is 262 g/mol. The summed E-state index contributed by atoms with van der Waals surface area (Å²) in [4.78, 5) is 21.4. The lowest BCUT2D eigenvalue weighted by atomic mass is 10.1. The molecule has 0 spiro atoms. The topological polar surface area (TPSA) is 43.4 Å². The monoisotopic (exact) mass is 262 g/mol. The van der Waals surface area contributed by atoms with Crippen LogP contribution in [0.2, 0.25) is 0 Å². The standard InChI is InChI=1S/C14H14O3S/c1-11(16)18-8-4-3-5-12-6-7-13(10-15)14(9-12)17-2/h6-7,9-10H,4,8H2,1-2H3. The summed E-state index contributed by atoms with van der Waals surface area (Å²) in [5, 5.41) is 0.105. The van der Waals surface area contributed by atoms with Crippen molar-refractivity contribution in [3.05, 3.63) is 29.3 Å². The Morgan fingerprint density at radius 2 is 2.28 bits per heavy atom. The molecule has 0 aromatic heterocycles. The van der Waals surface area contributed by atoms with Crippen LogP contribution in [-0.2, 0) is 4.79 Å². The first-order valence-corrected chi connectivity index (χ1v) is 6.41. The predicted molar refractivity (Wildman–Crippen MR) is 73.0 cm³/mol. The Morgan fingerprint density at radius 3 is 2.89 bits per heavy atom. The van der Waals surface area contributed by atoms with E-state index < -0.39 is 0 Å². The lowest BCUT2D eigenvalue weighted by Crippen LogP contribution is -1.91. The second kappa shape index (κ2) is 7.57. The normalized spacial score (nSPS) is 9.22. The van der Waals surface area contributed by atoms with Crippen LogP contribution in [0.3, 0.4) is 0 Å². The minimum absolute atomic E-state index is 0.105.